The molecule has 0 amide bonds. The van der Waals surface area contributed by atoms with E-state index in [9.17, 15) is 4.79 Å². The van der Waals surface area contributed by atoms with E-state index in [1.165, 1.54) is 6.07 Å². The van der Waals surface area contributed by atoms with Gasteiger partial charge < -0.3 is 5.11 Å². The van der Waals surface area contributed by atoms with Crippen LogP contribution in [0.15, 0.2) is 12.1 Å². The Balaban J connectivity index is 3.39. The minimum atomic E-state index is -0.979. The van der Waals surface area contributed by atoms with Crippen molar-refractivity contribution >= 4 is 29.2 Å². The lowest BCUT2D eigenvalue weighted by molar-refractivity contribution is 0.0695. The highest BCUT2D eigenvalue weighted by molar-refractivity contribution is 6.42. The van der Waals surface area contributed by atoms with Gasteiger partial charge in [-0.25, -0.2) is 4.79 Å². The van der Waals surface area contributed by atoms with Crippen LogP contribution in [-0.4, -0.2) is 11.1 Å². The molecule has 0 aromatic heterocycles. The second-order valence-electron chi connectivity index (χ2n) is 3.31. The first kappa shape index (κ1) is 11.3. The predicted molar refractivity (Wildman–Crippen MR) is 57.5 cm³/mol. The van der Waals surface area contributed by atoms with Crippen molar-refractivity contribution < 1.29 is 9.90 Å². The van der Waals surface area contributed by atoms with Crippen molar-refractivity contribution in [1.29, 1.82) is 0 Å². The molecule has 0 saturated heterocycles. The van der Waals surface area contributed by atoms with Gasteiger partial charge in [0, 0.05) is 0 Å². The van der Waals surface area contributed by atoms with E-state index in [-0.39, 0.29) is 16.5 Å². The number of hydrogen-bond acceptors (Lipinski definition) is 1. The van der Waals surface area contributed by atoms with Gasteiger partial charge in [-0.2, -0.15) is 0 Å². The van der Waals surface area contributed by atoms with Crippen LogP contribution in [0.5, 0.6) is 0 Å². The van der Waals surface area contributed by atoms with Crippen LogP contribution in [0.4, 0.5) is 0 Å². The molecule has 1 aromatic carbocycles. The lowest BCUT2D eigenvalue weighted by atomic mass is 9.97. The van der Waals surface area contributed by atoms with Crippen molar-refractivity contribution in [3.8, 4) is 0 Å². The van der Waals surface area contributed by atoms with Gasteiger partial charge in [-0.05, 0) is 23.6 Å². The molecule has 0 atom stereocenters. The Hall–Kier alpha value is -0.730. The molecule has 0 fully saturated rings. The van der Waals surface area contributed by atoms with Crippen LogP contribution in [0, 0.1) is 0 Å². The number of rotatable bonds is 2. The summed E-state index contributed by atoms with van der Waals surface area (Å²) in [6, 6.07) is 3.00. The molecule has 2 nitrogen and oxygen atoms in total. The first-order valence-corrected chi connectivity index (χ1v) is 4.91. The Bertz CT molecular complexity index is 373. The van der Waals surface area contributed by atoms with Gasteiger partial charge in [0.2, 0.25) is 0 Å². The van der Waals surface area contributed by atoms with Gasteiger partial charge in [0.15, 0.2) is 0 Å². The van der Waals surface area contributed by atoms with Gasteiger partial charge in [0.25, 0.3) is 0 Å². The molecular weight excluding hydrogens is 223 g/mol. The van der Waals surface area contributed by atoms with E-state index in [4.69, 9.17) is 28.3 Å². The Labute approximate surface area is 92.5 Å². The fourth-order valence-electron chi connectivity index (χ4n) is 1.23. The summed E-state index contributed by atoms with van der Waals surface area (Å²) in [4.78, 5) is 10.9. The van der Waals surface area contributed by atoms with E-state index >= 15 is 0 Å². The Morgan fingerprint density at radius 3 is 2.21 bits per heavy atom. The molecular formula is C10H10Cl2O2. The van der Waals surface area contributed by atoms with Gasteiger partial charge in [0.1, 0.15) is 0 Å². The molecule has 0 aliphatic carbocycles. The molecule has 0 radical (unpaired) electrons. The summed E-state index contributed by atoms with van der Waals surface area (Å²) in [5.41, 5.74) is 0.918. The lowest BCUT2D eigenvalue weighted by Crippen LogP contribution is -2.04. The van der Waals surface area contributed by atoms with Crippen LogP contribution in [-0.2, 0) is 0 Å². The van der Waals surface area contributed by atoms with Gasteiger partial charge in [-0.15, -0.1) is 0 Å². The minimum Gasteiger partial charge on any atom is -0.478 e. The fraction of sp³-hybridized carbons (Fsp3) is 0.300. The normalized spacial score (nSPS) is 10.6. The smallest absolute Gasteiger partial charge is 0.336 e. The molecule has 0 bridgehead atoms. The van der Waals surface area contributed by atoms with Crippen LogP contribution in [0.2, 0.25) is 10.0 Å². The van der Waals surface area contributed by atoms with Crippen molar-refractivity contribution in [2.45, 2.75) is 19.8 Å². The van der Waals surface area contributed by atoms with Crippen LogP contribution >= 0.6 is 23.2 Å². The summed E-state index contributed by atoms with van der Waals surface area (Å²) in [5, 5.41) is 9.59. The van der Waals surface area contributed by atoms with Crippen LogP contribution in [0.1, 0.15) is 35.7 Å². The van der Waals surface area contributed by atoms with E-state index in [0.29, 0.717) is 10.6 Å². The van der Waals surface area contributed by atoms with Crippen molar-refractivity contribution in [2.75, 3.05) is 0 Å². The summed E-state index contributed by atoms with van der Waals surface area (Å²) >= 11 is 11.5. The Morgan fingerprint density at radius 2 is 1.79 bits per heavy atom. The average molecular weight is 233 g/mol. The second-order valence-corrected chi connectivity index (χ2v) is 4.13. The summed E-state index contributed by atoms with van der Waals surface area (Å²) in [6.45, 7) is 3.82. The second kappa shape index (κ2) is 4.20. The molecule has 4 heteroatoms. The van der Waals surface area contributed by atoms with Crippen LogP contribution in [0.25, 0.3) is 0 Å². The number of carboxylic acid groups (broad SMARTS) is 1. The van der Waals surface area contributed by atoms with E-state index in [1.54, 1.807) is 6.07 Å². The Morgan fingerprint density at radius 1 is 1.29 bits per heavy atom. The number of carboxylic acids is 1. The summed E-state index contributed by atoms with van der Waals surface area (Å²) in [7, 11) is 0. The van der Waals surface area contributed by atoms with Gasteiger partial charge in [-0.1, -0.05) is 37.0 Å². The Kier molecular flexibility index (Phi) is 3.40. The standard InChI is InChI=1S/C10H10Cl2O2/c1-5(2)6-3-8(11)9(12)4-7(6)10(13)14/h3-5H,1-2H3,(H,13,14). The maximum Gasteiger partial charge on any atom is 0.336 e. The fourth-order valence-corrected chi connectivity index (χ4v) is 1.56. The van der Waals surface area contributed by atoms with E-state index < -0.39 is 5.97 Å². The maximum atomic E-state index is 10.9. The predicted octanol–water partition coefficient (Wildman–Crippen LogP) is 3.82. The first-order chi connectivity index (χ1) is 6.43. The largest absolute Gasteiger partial charge is 0.478 e. The monoisotopic (exact) mass is 232 g/mol. The molecule has 0 aliphatic heterocycles. The zero-order valence-corrected chi connectivity index (χ0v) is 9.36. The third-order valence-corrected chi connectivity index (χ3v) is 2.67. The third-order valence-electron chi connectivity index (χ3n) is 1.94. The van der Waals surface area contributed by atoms with Gasteiger partial charge >= 0.3 is 5.97 Å². The van der Waals surface area contributed by atoms with E-state index in [0.717, 1.165) is 0 Å². The van der Waals surface area contributed by atoms with Crippen LogP contribution in [0.3, 0.4) is 0 Å². The molecule has 76 valence electrons. The minimum absolute atomic E-state index is 0.107. The number of benzene rings is 1. The van der Waals surface area contributed by atoms with Crippen molar-refractivity contribution in [2.24, 2.45) is 0 Å². The molecule has 0 saturated carbocycles. The first-order valence-electron chi connectivity index (χ1n) is 4.15. The summed E-state index contributed by atoms with van der Waals surface area (Å²) < 4.78 is 0. The van der Waals surface area contributed by atoms with E-state index in [1.807, 2.05) is 13.8 Å². The van der Waals surface area contributed by atoms with Crippen molar-refractivity contribution in [1.82, 2.24) is 0 Å². The molecule has 0 aliphatic rings. The van der Waals surface area contributed by atoms with Gasteiger partial charge in [-0.3, -0.25) is 0 Å². The molecule has 0 heterocycles. The molecule has 0 unspecified atom stereocenters. The summed E-state index contributed by atoms with van der Waals surface area (Å²) in [5.74, 6) is -0.872. The quantitative estimate of drug-likeness (QED) is 0.843. The lowest BCUT2D eigenvalue weighted by Gasteiger charge is -2.10. The third kappa shape index (κ3) is 2.20. The number of carbonyl (C=O) groups is 1. The number of aromatic carboxylic acids is 1. The number of hydrogen-bond donors (Lipinski definition) is 1. The molecule has 1 N–H and O–H groups in total. The highest BCUT2D eigenvalue weighted by atomic mass is 35.5. The maximum absolute atomic E-state index is 10.9. The number of halogens is 2. The topological polar surface area (TPSA) is 37.3 Å². The average Bonchev–Trinajstić information content (AvgIpc) is 2.08. The molecule has 14 heavy (non-hydrogen) atoms. The van der Waals surface area contributed by atoms with Gasteiger partial charge in [0.05, 0.1) is 15.6 Å². The molecule has 1 aromatic rings. The SMILES string of the molecule is CC(C)c1cc(Cl)c(Cl)cc1C(=O)O. The summed E-state index contributed by atoms with van der Waals surface area (Å²) in [6.07, 6.45) is 0. The zero-order chi connectivity index (χ0) is 10.9. The van der Waals surface area contributed by atoms with Crippen molar-refractivity contribution in [3.05, 3.63) is 33.3 Å². The van der Waals surface area contributed by atoms with Crippen LogP contribution < -0.4 is 0 Å². The molecule has 1 rings (SSSR count). The zero-order valence-electron chi connectivity index (χ0n) is 7.84. The highest BCUT2D eigenvalue weighted by Gasteiger charge is 2.15. The molecule has 0 spiro atoms. The van der Waals surface area contributed by atoms with E-state index in [2.05, 4.69) is 0 Å². The van der Waals surface area contributed by atoms with Crippen molar-refractivity contribution in [3.63, 3.8) is 0 Å². The highest BCUT2D eigenvalue weighted by Crippen LogP contribution is 2.29.